The molecule has 0 aliphatic carbocycles. The molecule has 2 aromatic heterocycles. The molecule has 0 aliphatic heterocycles. The molecule has 10 nitrogen and oxygen atoms in total. The van der Waals surface area contributed by atoms with Gasteiger partial charge in [-0.05, 0) is 42.0 Å². The minimum atomic E-state index is -1.15. The fourth-order valence-electron chi connectivity index (χ4n) is 5.00. The summed E-state index contributed by atoms with van der Waals surface area (Å²) in [5.74, 6) is -2.38. The lowest BCUT2D eigenvalue weighted by Gasteiger charge is -2.18. The summed E-state index contributed by atoms with van der Waals surface area (Å²) in [5.41, 5.74) is 0.833. The number of nitrogens with one attached hydrogen (secondary N) is 2. The number of carbonyl (C=O) groups excluding carboxylic acids is 2. The lowest BCUT2D eigenvalue weighted by molar-refractivity contribution is -0.140. The average Bonchev–Trinajstić information content (AvgIpc) is 3.50. The Labute approximate surface area is 255 Å². The van der Waals surface area contributed by atoms with Crippen LogP contribution in [0.4, 0.5) is 0 Å². The number of benzene rings is 3. The first-order valence-corrected chi connectivity index (χ1v) is 13.9. The summed E-state index contributed by atoms with van der Waals surface area (Å²) in [6, 6.07) is 22.2. The quantitative estimate of drug-likeness (QED) is 0.232. The number of esters is 2. The molecule has 12 heteroatoms. The molecule has 43 heavy (non-hydrogen) atoms. The number of nitrogens with zero attached hydrogens (tertiary/aromatic N) is 2. The molecule has 0 aliphatic rings. The number of rotatable bonds is 9. The molecule has 5 aromatic rings. The number of methoxy groups -OCH3 is 2. The smallest absolute Gasteiger partial charge is 0.311 e. The van der Waals surface area contributed by atoms with Crippen LogP contribution in [0.5, 0.6) is 0 Å². The molecular weight excluding hydrogens is 595 g/mol. The monoisotopic (exact) mass is 620 g/mol. The van der Waals surface area contributed by atoms with Crippen molar-refractivity contribution in [2.75, 3.05) is 14.2 Å². The second-order valence-electron chi connectivity index (χ2n) is 9.56. The Morgan fingerprint density at radius 2 is 1.16 bits per heavy atom. The molecule has 0 atom stereocenters. The molecule has 0 radical (unpaired) electrons. The molecule has 0 spiro atoms. The van der Waals surface area contributed by atoms with Crippen molar-refractivity contribution in [3.05, 3.63) is 138 Å². The zero-order valence-corrected chi connectivity index (χ0v) is 24.6. The van der Waals surface area contributed by atoms with Crippen LogP contribution in [0, 0.1) is 0 Å². The number of aromatic nitrogens is 4. The number of halogens is 2. The van der Waals surface area contributed by atoms with Gasteiger partial charge >= 0.3 is 11.9 Å². The molecule has 5 rings (SSSR count). The van der Waals surface area contributed by atoms with E-state index in [0.29, 0.717) is 22.0 Å². The van der Waals surface area contributed by atoms with E-state index in [1.807, 2.05) is 0 Å². The predicted molar refractivity (Wildman–Crippen MR) is 162 cm³/mol. The SMILES string of the molecule is COC(=O)Cc1[nH]n(-c2ccccc2)c(=O)c1C(c1ccc(Cl)cc1Cl)c1c(CC(=O)OC)[nH]n(-c2ccccc2)c1=O. The van der Waals surface area contributed by atoms with Gasteiger partial charge in [-0.1, -0.05) is 65.7 Å². The van der Waals surface area contributed by atoms with Gasteiger partial charge in [-0.15, -0.1) is 0 Å². The Morgan fingerprint density at radius 1 is 0.721 bits per heavy atom. The van der Waals surface area contributed by atoms with E-state index in [-0.39, 0.29) is 40.4 Å². The van der Waals surface area contributed by atoms with Gasteiger partial charge in [0.05, 0.1) is 66.9 Å². The second kappa shape index (κ2) is 12.6. The largest absolute Gasteiger partial charge is 0.469 e. The van der Waals surface area contributed by atoms with E-state index in [2.05, 4.69) is 10.2 Å². The normalized spacial score (nSPS) is 11.1. The molecule has 220 valence electrons. The number of para-hydroxylation sites is 2. The fraction of sp³-hybridized carbons (Fsp3) is 0.161. The van der Waals surface area contributed by atoms with Gasteiger partial charge < -0.3 is 9.47 Å². The number of H-pyrrole nitrogens is 2. The molecule has 0 saturated carbocycles. The van der Waals surface area contributed by atoms with E-state index >= 15 is 0 Å². The number of carbonyl (C=O) groups is 2. The van der Waals surface area contributed by atoms with Crippen molar-refractivity contribution >= 4 is 35.1 Å². The third-order valence-corrected chi connectivity index (χ3v) is 7.55. The van der Waals surface area contributed by atoms with Crippen molar-refractivity contribution in [1.29, 1.82) is 0 Å². The van der Waals surface area contributed by atoms with Gasteiger partial charge in [0, 0.05) is 10.0 Å². The van der Waals surface area contributed by atoms with E-state index in [9.17, 15) is 19.2 Å². The maximum Gasteiger partial charge on any atom is 0.311 e. The van der Waals surface area contributed by atoms with Crippen LogP contribution in [0.25, 0.3) is 11.4 Å². The van der Waals surface area contributed by atoms with E-state index in [0.717, 1.165) is 0 Å². The van der Waals surface area contributed by atoms with Gasteiger partial charge in [0.25, 0.3) is 11.1 Å². The standard InChI is InChI=1S/C31H26Cl2N4O6/c1-42-25(38)16-23-28(30(40)36(34-23)19-9-5-3-6-10-19)27(21-14-13-18(32)15-22(21)33)29-24(17-26(39)43-2)35-37(31(29)41)20-11-7-4-8-12-20/h3-15,27,34-35H,16-17H2,1-2H3. The van der Waals surface area contributed by atoms with Crippen LogP contribution in [0.2, 0.25) is 10.0 Å². The predicted octanol–water partition coefficient (Wildman–Crippen LogP) is 4.56. The highest BCUT2D eigenvalue weighted by Gasteiger charge is 2.35. The van der Waals surface area contributed by atoms with Crippen LogP contribution in [0.15, 0.2) is 88.5 Å². The number of aromatic amines is 2. The number of ether oxygens (including phenoxy) is 2. The summed E-state index contributed by atoms with van der Waals surface area (Å²) in [6.07, 6.45) is -0.626. The third kappa shape index (κ3) is 5.93. The minimum absolute atomic E-state index is 0.0703. The van der Waals surface area contributed by atoms with Crippen LogP contribution < -0.4 is 11.1 Å². The third-order valence-electron chi connectivity index (χ3n) is 6.99. The van der Waals surface area contributed by atoms with Crippen molar-refractivity contribution in [3.63, 3.8) is 0 Å². The first kappa shape index (κ1) is 29.7. The van der Waals surface area contributed by atoms with Crippen molar-refractivity contribution in [2.45, 2.75) is 18.8 Å². The Hall–Kier alpha value is -4.80. The zero-order valence-electron chi connectivity index (χ0n) is 23.1. The first-order valence-electron chi connectivity index (χ1n) is 13.1. The zero-order chi connectivity index (χ0) is 30.7. The average molecular weight is 621 g/mol. The van der Waals surface area contributed by atoms with Crippen LogP contribution in [-0.4, -0.2) is 45.7 Å². The molecule has 0 amide bonds. The van der Waals surface area contributed by atoms with E-state index in [1.54, 1.807) is 72.8 Å². The lowest BCUT2D eigenvalue weighted by Crippen LogP contribution is -2.26. The highest BCUT2D eigenvalue weighted by Crippen LogP contribution is 2.38. The maximum absolute atomic E-state index is 14.3. The molecule has 0 unspecified atom stereocenters. The van der Waals surface area contributed by atoms with Gasteiger partial charge in [-0.2, -0.15) is 0 Å². The molecule has 3 aromatic carbocycles. The Morgan fingerprint density at radius 3 is 1.56 bits per heavy atom. The molecule has 0 bridgehead atoms. The molecule has 2 heterocycles. The molecule has 2 N–H and O–H groups in total. The van der Waals surface area contributed by atoms with Crippen LogP contribution in [0.1, 0.15) is 34.0 Å². The van der Waals surface area contributed by atoms with E-state index in [4.69, 9.17) is 32.7 Å². The Bertz CT molecular complexity index is 1790. The van der Waals surface area contributed by atoms with E-state index in [1.165, 1.54) is 29.6 Å². The fourth-order valence-corrected chi connectivity index (χ4v) is 5.52. The topological polar surface area (TPSA) is 128 Å². The second-order valence-corrected chi connectivity index (χ2v) is 10.4. The van der Waals surface area contributed by atoms with Crippen LogP contribution >= 0.6 is 23.2 Å². The van der Waals surface area contributed by atoms with Crippen LogP contribution in [-0.2, 0) is 31.9 Å². The summed E-state index contributed by atoms with van der Waals surface area (Å²) in [5, 5.41) is 6.58. The number of hydrogen-bond acceptors (Lipinski definition) is 6. The Kier molecular flexibility index (Phi) is 8.70. The number of hydrogen-bond donors (Lipinski definition) is 2. The molecular formula is C31H26Cl2N4O6. The summed E-state index contributed by atoms with van der Waals surface area (Å²) < 4.78 is 12.4. The van der Waals surface area contributed by atoms with E-state index < -0.39 is 29.0 Å². The van der Waals surface area contributed by atoms with Crippen molar-refractivity contribution in [1.82, 2.24) is 19.6 Å². The van der Waals surface area contributed by atoms with Gasteiger partial charge in [-0.25, -0.2) is 9.36 Å². The highest BCUT2D eigenvalue weighted by atomic mass is 35.5. The highest BCUT2D eigenvalue weighted by molar-refractivity contribution is 6.35. The van der Waals surface area contributed by atoms with Gasteiger partial charge in [0.1, 0.15) is 0 Å². The minimum Gasteiger partial charge on any atom is -0.469 e. The summed E-state index contributed by atoms with van der Waals surface area (Å²) >= 11 is 13.0. The summed E-state index contributed by atoms with van der Waals surface area (Å²) in [6.45, 7) is 0. The summed E-state index contributed by atoms with van der Waals surface area (Å²) in [7, 11) is 2.47. The lowest BCUT2D eigenvalue weighted by atomic mass is 9.84. The van der Waals surface area contributed by atoms with Gasteiger partial charge in [0.2, 0.25) is 0 Å². The molecule has 0 saturated heterocycles. The summed E-state index contributed by atoms with van der Waals surface area (Å²) in [4.78, 5) is 53.8. The first-order chi connectivity index (χ1) is 20.7. The van der Waals surface area contributed by atoms with Gasteiger partial charge in [-0.3, -0.25) is 29.4 Å². The van der Waals surface area contributed by atoms with Crippen LogP contribution in [0.3, 0.4) is 0 Å². The van der Waals surface area contributed by atoms with Crippen molar-refractivity contribution in [2.24, 2.45) is 0 Å². The van der Waals surface area contributed by atoms with Gasteiger partial charge in [0.15, 0.2) is 0 Å². The van der Waals surface area contributed by atoms with Crippen molar-refractivity contribution < 1.29 is 19.1 Å². The Balaban J connectivity index is 1.88. The van der Waals surface area contributed by atoms with Crippen molar-refractivity contribution in [3.8, 4) is 11.4 Å². The molecule has 0 fully saturated rings. The maximum atomic E-state index is 14.3.